The smallest absolute Gasteiger partial charge is 0.261 e. The number of anilines is 1. The molecule has 0 aromatic carbocycles. The van der Waals surface area contributed by atoms with E-state index in [1.165, 1.54) is 11.3 Å². The Morgan fingerprint density at radius 3 is 3.00 bits per heavy atom. The van der Waals surface area contributed by atoms with Crippen LogP contribution >= 0.6 is 11.3 Å². The lowest BCUT2D eigenvalue weighted by atomic mass is 10.2. The average Bonchev–Trinajstić information content (AvgIpc) is 3.53. The molecule has 6 heterocycles. The van der Waals surface area contributed by atoms with Gasteiger partial charge in [0.15, 0.2) is 0 Å². The lowest BCUT2D eigenvalue weighted by Crippen LogP contribution is -2.45. The molecule has 1 saturated heterocycles. The second-order valence-electron chi connectivity index (χ2n) is 8.73. The van der Waals surface area contributed by atoms with E-state index in [2.05, 4.69) is 37.3 Å². The summed E-state index contributed by atoms with van der Waals surface area (Å²) < 4.78 is 9.12. The fourth-order valence-electron chi connectivity index (χ4n) is 4.47. The average molecular weight is 493 g/mol. The lowest BCUT2D eigenvalue weighted by molar-refractivity contribution is -0.119. The molecule has 180 valence electrons. The predicted molar refractivity (Wildman–Crippen MR) is 134 cm³/mol. The topological polar surface area (TPSA) is 122 Å². The van der Waals surface area contributed by atoms with Gasteiger partial charge < -0.3 is 15.0 Å². The third-order valence-electron chi connectivity index (χ3n) is 6.22. The van der Waals surface area contributed by atoms with E-state index < -0.39 is 0 Å². The number of morpholine rings is 1. The van der Waals surface area contributed by atoms with Crippen LogP contribution in [0, 0.1) is 0 Å². The number of hydrogen-bond donors (Lipinski definition) is 2. The third-order valence-corrected chi connectivity index (χ3v) is 7.36. The van der Waals surface area contributed by atoms with E-state index in [9.17, 15) is 9.59 Å². The van der Waals surface area contributed by atoms with E-state index >= 15 is 0 Å². The number of hydrogen-bond acceptors (Lipinski definition) is 8. The van der Waals surface area contributed by atoms with Gasteiger partial charge in [-0.25, -0.2) is 4.52 Å². The van der Waals surface area contributed by atoms with Gasteiger partial charge in [-0.1, -0.05) is 6.92 Å². The summed E-state index contributed by atoms with van der Waals surface area (Å²) in [7, 11) is 1.86. The highest BCUT2D eigenvalue weighted by molar-refractivity contribution is 7.21. The largest absolute Gasteiger partial charge is 0.376 e. The standard InChI is InChI=1S/C23H24N8O3S/c1-3-15-10-30(4-5-34-15)12-18(32)26-14-6-16-20(24-8-14)21-19(22(33)27-16)23-31(28-21)11-17(35-23)13-7-25-29(2)9-13/h6-9,11,15H,3-5,10,12H2,1-2H3,(H,26,32)(H,27,33)/t15-/m0/s1. The molecule has 11 nitrogen and oxygen atoms in total. The summed E-state index contributed by atoms with van der Waals surface area (Å²) in [6.07, 6.45) is 8.28. The summed E-state index contributed by atoms with van der Waals surface area (Å²) in [6.45, 7) is 4.46. The maximum atomic E-state index is 13.0. The molecule has 2 N–H and O–H groups in total. The molecule has 1 amide bonds. The summed E-state index contributed by atoms with van der Waals surface area (Å²) in [5, 5.41) is 12.3. The van der Waals surface area contributed by atoms with Gasteiger partial charge in [-0.3, -0.25) is 24.2 Å². The summed E-state index contributed by atoms with van der Waals surface area (Å²) in [4.78, 5) is 36.9. The molecule has 5 aromatic rings. The molecule has 12 heteroatoms. The second kappa shape index (κ2) is 8.56. The number of fused-ring (bicyclic) bond motifs is 5. The first-order valence-corrected chi connectivity index (χ1v) is 12.3. The number of carbonyl (C=O) groups excluding carboxylic acids is 1. The Balaban J connectivity index is 1.29. The molecular formula is C23H24N8O3S. The second-order valence-corrected chi connectivity index (χ2v) is 9.76. The molecule has 6 rings (SSSR count). The van der Waals surface area contributed by atoms with E-state index in [1.807, 2.05) is 19.4 Å². The van der Waals surface area contributed by atoms with Gasteiger partial charge in [-0.15, -0.1) is 11.3 Å². The molecule has 1 aliphatic rings. The van der Waals surface area contributed by atoms with Crippen LogP contribution in [0.25, 0.3) is 37.2 Å². The van der Waals surface area contributed by atoms with Gasteiger partial charge in [0.1, 0.15) is 21.3 Å². The molecule has 5 aromatic heterocycles. The van der Waals surface area contributed by atoms with Crippen molar-refractivity contribution < 1.29 is 9.53 Å². The minimum absolute atomic E-state index is 0.128. The predicted octanol–water partition coefficient (Wildman–Crippen LogP) is 2.24. The number of aromatic nitrogens is 6. The van der Waals surface area contributed by atoms with E-state index in [4.69, 9.17) is 4.74 Å². The fraction of sp³-hybridized carbons (Fsp3) is 0.348. The maximum absolute atomic E-state index is 13.0. The SMILES string of the molecule is CC[C@H]1CN(CC(=O)Nc2cnc3c(c2)[nH]c(=O)c2c3nn3cc(-c4cnn(C)c4)sc23)CCO1. The van der Waals surface area contributed by atoms with Gasteiger partial charge in [0.05, 0.1) is 47.7 Å². The first-order valence-electron chi connectivity index (χ1n) is 11.4. The fourth-order valence-corrected chi connectivity index (χ4v) is 5.54. The van der Waals surface area contributed by atoms with Crippen molar-refractivity contribution in [1.29, 1.82) is 0 Å². The van der Waals surface area contributed by atoms with Gasteiger partial charge >= 0.3 is 0 Å². The number of rotatable bonds is 5. The highest BCUT2D eigenvalue weighted by atomic mass is 32.1. The van der Waals surface area contributed by atoms with E-state index in [1.54, 1.807) is 27.7 Å². The zero-order chi connectivity index (χ0) is 24.1. The molecule has 0 radical (unpaired) electrons. The number of pyridine rings is 2. The van der Waals surface area contributed by atoms with Crippen molar-refractivity contribution in [3.63, 3.8) is 0 Å². The van der Waals surface area contributed by atoms with Crippen molar-refractivity contribution >= 4 is 49.7 Å². The van der Waals surface area contributed by atoms with Crippen molar-refractivity contribution in [2.45, 2.75) is 19.4 Å². The minimum atomic E-state index is -0.244. The first-order chi connectivity index (χ1) is 17.0. The van der Waals surface area contributed by atoms with E-state index in [0.717, 1.165) is 34.8 Å². The summed E-state index contributed by atoms with van der Waals surface area (Å²) in [5.41, 5.74) is 2.88. The zero-order valence-electron chi connectivity index (χ0n) is 19.3. The van der Waals surface area contributed by atoms with Gasteiger partial charge in [0.2, 0.25) is 5.91 Å². The molecule has 0 saturated carbocycles. The van der Waals surface area contributed by atoms with Crippen molar-refractivity contribution in [1.82, 2.24) is 34.3 Å². The van der Waals surface area contributed by atoms with Crippen molar-refractivity contribution in [2.24, 2.45) is 7.05 Å². The Morgan fingerprint density at radius 1 is 1.31 bits per heavy atom. The Kier molecular flexibility index (Phi) is 5.35. The number of H-pyrrole nitrogens is 1. The van der Waals surface area contributed by atoms with Crippen LogP contribution in [-0.2, 0) is 16.6 Å². The quantitative estimate of drug-likeness (QED) is 0.386. The number of ether oxygens (including phenoxy) is 1. The number of aryl methyl sites for hydroxylation is 1. The molecule has 1 atom stereocenters. The number of thiazole rings is 1. The molecule has 1 fully saturated rings. The molecule has 0 bridgehead atoms. The Hall–Kier alpha value is -3.61. The number of nitrogens with zero attached hydrogens (tertiary/aromatic N) is 6. The molecule has 35 heavy (non-hydrogen) atoms. The molecule has 0 spiro atoms. The van der Waals surface area contributed by atoms with Crippen LogP contribution in [0.5, 0.6) is 0 Å². The van der Waals surface area contributed by atoms with Crippen molar-refractivity contribution in [3.8, 4) is 10.4 Å². The van der Waals surface area contributed by atoms with Crippen LogP contribution in [0.3, 0.4) is 0 Å². The first kappa shape index (κ1) is 21.9. The van der Waals surface area contributed by atoms with Crippen LogP contribution in [0.15, 0.2) is 35.6 Å². The highest BCUT2D eigenvalue weighted by Crippen LogP contribution is 2.33. The van der Waals surface area contributed by atoms with Crippen LogP contribution in [0.4, 0.5) is 5.69 Å². The number of aromatic amines is 1. The molecular weight excluding hydrogens is 468 g/mol. The highest BCUT2D eigenvalue weighted by Gasteiger charge is 2.21. The van der Waals surface area contributed by atoms with Crippen molar-refractivity contribution in [3.05, 3.63) is 41.2 Å². The Bertz CT molecular complexity index is 1630. The number of nitrogens with one attached hydrogen (secondary N) is 2. The monoisotopic (exact) mass is 492 g/mol. The van der Waals surface area contributed by atoms with Crippen LogP contribution < -0.4 is 10.9 Å². The van der Waals surface area contributed by atoms with Gasteiger partial charge in [0.25, 0.3) is 5.56 Å². The Labute approximate surface area is 203 Å². The zero-order valence-corrected chi connectivity index (χ0v) is 20.1. The van der Waals surface area contributed by atoms with E-state index in [-0.39, 0.29) is 24.1 Å². The Morgan fingerprint density at radius 2 is 2.20 bits per heavy atom. The van der Waals surface area contributed by atoms with Crippen LogP contribution in [-0.4, -0.2) is 72.5 Å². The normalized spacial score (nSPS) is 17.0. The van der Waals surface area contributed by atoms with Crippen molar-refractivity contribution in [2.75, 3.05) is 31.6 Å². The lowest BCUT2D eigenvalue weighted by Gasteiger charge is -2.31. The summed E-state index contributed by atoms with van der Waals surface area (Å²) in [6, 6.07) is 1.73. The van der Waals surface area contributed by atoms with E-state index in [0.29, 0.717) is 34.2 Å². The van der Waals surface area contributed by atoms with Gasteiger partial charge in [-0.2, -0.15) is 10.2 Å². The molecule has 0 unspecified atom stereocenters. The number of carbonyl (C=O) groups is 1. The third kappa shape index (κ3) is 3.99. The van der Waals surface area contributed by atoms with Crippen LogP contribution in [0.2, 0.25) is 0 Å². The molecule has 1 aliphatic heterocycles. The molecule has 0 aliphatic carbocycles. The maximum Gasteiger partial charge on any atom is 0.261 e. The van der Waals surface area contributed by atoms with Gasteiger partial charge in [-0.05, 0) is 12.5 Å². The van der Waals surface area contributed by atoms with Crippen LogP contribution in [0.1, 0.15) is 13.3 Å². The summed E-state index contributed by atoms with van der Waals surface area (Å²) >= 11 is 1.48. The number of amides is 1. The summed E-state index contributed by atoms with van der Waals surface area (Å²) in [5.74, 6) is -0.128. The van der Waals surface area contributed by atoms with Gasteiger partial charge in [0, 0.05) is 38.1 Å². The minimum Gasteiger partial charge on any atom is -0.376 e.